The minimum absolute atomic E-state index is 0.201. The summed E-state index contributed by atoms with van der Waals surface area (Å²) >= 11 is 3.26. The fraction of sp³-hybridized carbons (Fsp3) is 0.167. The van der Waals surface area contributed by atoms with Crippen LogP contribution >= 0.6 is 15.9 Å². The summed E-state index contributed by atoms with van der Waals surface area (Å²) in [5.74, 6) is -1.38. The number of carbonyl (C=O) groups excluding carboxylic acids is 1. The maximum atomic E-state index is 12.1. The van der Waals surface area contributed by atoms with Crippen molar-refractivity contribution >= 4 is 27.8 Å². The number of hydrogen-bond acceptors (Lipinski definition) is 2. The Morgan fingerprint density at radius 1 is 1.41 bits per heavy atom. The Balaban J connectivity index is 2.95. The normalized spacial score (nSPS) is 9.71. The van der Waals surface area contributed by atoms with Crippen LogP contribution in [0.1, 0.15) is 10.4 Å². The van der Waals surface area contributed by atoms with Crippen LogP contribution in [0.4, 0.5) is 0 Å². The van der Waals surface area contributed by atoms with Crippen LogP contribution in [0.3, 0.4) is 0 Å². The molecule has 0 aliphatic heterocycles. The van der Waals surface area contributed by atoms with Gasteiger partial charge in [0.25, 0.3) is 5.91 Å². The second-order valence-corrected chi connectivity index (χ2v) is 4.20. The van der Waals surface area contributed by atoms with E-state index in [9.17, 15) is 9.59 Å². The average molecular weight is 298 g/mol. The Hall–Kier alpha value is -1.62. The molecule has 0 aliphatic rings. The number of hydrogen-bond donors (Lipinski definition) is 1. The van der Waals surface area contributed by atoms with E-state index in [2.05, 4.69) is 22.5 Å². The van der Waals surface area contributed by atoms with Crippen LogP contribution in [-0.4, -0.2) is 35.0 Å². The van der Waals surface area contributed by atoms with E-state index in [4.69, 9.17) is 5.11 Å². The van der Waals surface area contributed by atoms with Crippen LogP contribution in [0.5, 0.6) is 0 Å². The van der Waals surface area contributed by atoms with E-state index in [0.29, 0.717) is 10.0 Å². The molecule has 1 rings (SSSR count). The highest BCUT2D eigenvalue weighted by atomic mass is 79.9. The number of nitrogens with zero attached hydrogens (tertiary/aromatic N) is 1. The van der Waals surface area contributed by atoms with Crippen molar-refractivity contribution in [3.63, 3.8) is 0 Å². The molecule has 17 heavy (non-hydrogen) atoms. The number of halogens is 1. The number of rotatable bonds is 5. The van der Waals surface area contributed by atoms with Gasteiger partial charge in [0.05, 0.1) is 5.56 Å². The fourth-order valence-corrected chi connectivity index (χ4v) is 1.80. The quantitative estimate of drug-likeness (QED) is 0.848. The molecule has 1 aromatic rings. The maximum Gasteiger partial charge on any atom is 0.323 e. The van der Waals surface area contributed by atoms with E-state index in [1.807, 2.05) is 0 Å². The van der Waals surface area contributed by atoms with E-state index >= 15 is 0 Å². The lowest BCUT2D eigenvalue weighted by atomic mass is 10.2. The lowest BCUT2D eigenvalue weighted by Gasteiger charge is -2.19. The Morgan fingerprint density at radius 3 is 2.59 bits per heavy atom. The van der Waals surface area contributed by atoms with Gasteiger partial charge in [0.15, 0.2) is 0 Å². The SMILES string of the molecule is C=CCN(CC(=O)O)C(=O)c1ccccc1Br. The highest BCUT2D eigenvalue weighted by molar-refractivity contribution is 9.10. The zero-order valence-corrected chi connectivity index (χ0v) is 10.7. The maximum absolute atomic E-state index is 12.1. The Labute approximate surface area is 108 Å². The van der Waals surface area contributed by atoms with Crippen molar-refractivity contribution in [2.75, 3.05) is 13.1 Å². The largest absolute Gasteiger partial charge is 0.480 e. The van der Waals surface area contributed by atoms with Gasteiger partial charge in [-0.25, -0.2) is 0 Å². The summed E-state index contributed by atoms with van der Waals surface area (Å²) in [5, 5.41) is 8.74. The van der Waals surface area contributed by atoms with E-state index in [0.717, 1.165) is 0 Å². The van der Waals surface area contributed by atoms with Gasteiger partial charge >= 0.3 is 5.97 Å². The number of carboxylic acid groups (broad SMARTS) is 1. The van der Waals surface area contributed by atoms with Gasteiger partial charge < -0.3 is 10.0 Å². The van der Waals surface area contributed by atoms with Crippen LogP contribution in [-0.2, 0) is 4.79 Å². The molecule has 0 saturated carbocycles. The summed E-state index contributed by atoms with van der Waals surface area (Å²) in [6.45, 7) is 3.37. The lowest BCUT2D eigenvalue weighted by Crippen LogP contribution is -2.35. The van der Waals surface area contributed by atoms with Gasteiger partial charge in [0.2, 0.25) is 0 Å². The second kappa shape index (κ2) is 6.20. The van der Waals surface area contributed by atoms with Gasteiger partial charge in [-0.3, -0.25) is 9.59 Å². The molecule has 90 valence electrons. The molecule has 0 aromatic heterocycles. The summed E-state index contributed by atoms with van der Waals surface area (Å²) in [5.41, 5.74) is 0.440. The van der Waals surface area contributed by atoms with Gasteiger partial charge in [-0.05, 0) is 28.1 Å². The molecule has 0 saturated heterocycles. The molecule has 0 spiro atoms. The van der Waals surface area contributed by atoms with E-state index in [-0.39, 0.29) is 19.0 Å². The molecule has 0 bridgehead atoms. The van der Waals surface area contributed by atoms with Crippen molar-refractivity contribution in [2.24, 2.45) is 0 Å². The smallest absolute Gasteiger partial charge is 0.323 e. The molecule has 0 unspecified atom stereocenters. The highest BCUT2D eigenvalue weighted by Crippen LogP contribution is 2.17. The van der Waals surface area contributed by atoms with E-state index in [1.54, 1.807) is 24.3 Å². The van der Waals surface area contributed by atoms with E-state index in [1.165, 1.54) is 11.0 Å². The van der Waals surface area contributed by atoms with Crippen molar-refractivity contribution in [1.82, 2.24) is 4.90 Å². The zero-order chi connectivity index (χ0) is 12.8. The van der Waals surface area contributed by atoms with Gasteiger partial charge in [-0.2, -0.15) is 0 Å². The molecule has 0 radical (unpaired) electrons. The van der Waals surface area contributed by atoms with Crippen molar-refractivity contribution in [3.8, 4) is 0 Å². The van der Waals surface area contributed by atoms with Crippen molar-refractivity contribution in [1.29, 1.82) is 0 Å². The first kappa shape index (κ1) is 13.4. The second-order valence-electron chi connectivity index (χ2n) is 3.35. The predicted octanol–water partition coefficient (Wildman–Crippen LogP) is 2.16. The number of carbonyl (C=O) groups is 2. The molecule has 0 atom stereocenters. The first-order chi connectivity index (χ1) is 8.06. The monoisotopic (exact) mass is 297 g/mol. The number of benzene rings is 1. The zero-order valence-electron chi connectivity index (χ0n) is 9.10. The van der Waals surface area contributed by atoms with Crippen molar-refractivity contribution in [3.05, 3.63) is 47.0 Å². The molecule has 4 nitrogen and oxygen atoms in total. The summed E-state index contributed by atoms with van der Waals surface area (Å²) < 4.78 is 0.643. The third kappa shape index (κ3) is 3.71. The number of amides is 1. The number of aliphatic carboxylic acids is 1. The summed E-state index contributed by atoms with van der Waals surface area (Å²) in [7, 11) is 0. The van der Waals surface area contributed by atoms with Crippen LogP contribution in [0.25, 0.3) is 0 Å². The summed E-state index contributed by atoms with van der Waals surface area (Å²) in [4.78, 5) is 24.0. The van der Waals surface area contributed by atoms with Crippen LogP contribution in [0.2, 0.25) is 0 Å². The third-order valence-corrected chi connectivity index (χ3v) is 2.76. The van der Waals surface area contributed by atoms with Gasteiger partial charge in [0, 0.05) is 11.0 Å². The van der Waals surface area contributed by atoms with Gasteiger partial charge in [-0.1, -0.05) is 18.2 Å². The summed E-state index contributed by atoms with van der Waals surface area (Å²) in [6.07, 6.45) is 1.50. The molecule has 5 heteroatoms. The first-order valence-corrected chi connectivity index (χ1v) is 5.72. The minimum atomic E-state index is -1.05. The lowest BCUT2D eigenvalue weighted by molar-refractivity contribution is -0.137. The van der Waals surface area contributed by atoms with E-state index < -0.39 is 5.97 Å². The molecule has 1 N–H and O–H groups in total. The standard InChI is InChI=1S/C12H12BrNO3/c1-2-7-14(8-11(15)16)12(17)9-5-3-4-6-10(9)13/h2-6H,1,7-8H2,(H,15,16). The van der Waals surface area contributed by atoms with Gasteiger partial charge in [0.1, 0.15) is 6.54 Å². The van der Waals surface area contributed by atoms with Crippen LogP contribution in [0.15, 0.2) is 41.4 Å². The minimum Gasteiger partial charge on any atom is -0.480 e. The Bertz CT molecular complexity index is 445. The molecular formula is C12H12BrNO3. The van der Waals surface area contributed by atoms with Crippen molar-refractivity contribution in [2.45, 2.75) is 0 Å². The highest BCUT2D eigenvalue weighted by Gasteiger charge is 2.18. The van der Waals surface area contributed by atoms with Crippen LogP contribution in [0, 0.1) is 0 Å². The molecular weight excluding hydrogens is 286 g/mol. The summed E-state index contributed by atoms with van der Waals surface area (Å²) in [6, 6.07) is 6.89. The van der Waals surface area contributed by atoms with Crippen LogP contribution < -0.4 is 0 Å². The first-order valence-electron chi connectivity index (χ1n) is 4.92. The van der Waals surface area contributed by atoms with Crippen molar-refractivity contribution < 1.29 is 14.7 Å². The predicted molar refractivity (Wildman–Crippen MR) is 67.9 cm³/mol. The fourth-order valence-electron chi connectivity index (χ4n) is 1.34. The number of carboxylic acids is 1. The average Bonchev–Trinajstić information content (AvgIpc) is 2.28. The Kier molecular flexibility index (Phi) is 4.90. The Morgan fingerprint density at radius 2 is 2.06 bits per heavy atom. The van der Waals surface area contributed by atoms with Gasteiger partial charge in [-0.15, -0.1) is 6.58 Å². The third-order valence-electron chi connectivity index (χ3n) is 2.07. The topological polar surface area (TPSA) is 57.6 Å². The molecule has 0 aliphatic carbocycles. The molecule has 0 heterocycles. The molecule has 0 fully saturated rings. The molecule has 1 amide bonds. The molecule has 1 aromatic carbocycles.